The Hall–Kier alpha value is -0.980. The van der Waals surface area contributed by atoms with Gasteiger partial charge in [0.1, 0.15) is 0 Å². The van der Waals surface area contributed by atoms with Crippen molar-refractivity contribution in [1.82, 2.24) is 9.71 Å². The van der Waals surface area contributed by atoms with Crippen molar-refractivity contribution >= 4 is 10.0 Å². The number of sulfonamides is 1. The predicted molar refractivity (Wildman–Crippen MR) is 68.3 cm³/mol. The van der Waals surface area contributed by atoms with Crippen LogP contribution in [0.15, 0.2) is 24.5 Å². The summed E-state index contributed by atoms with van der Waals surface area (Å²) >= 11 is 0. The number of aliphatic hydroxyl groups is 1. The van der Waals surface area contributed by atoms with Crippen LogP contribution in [-0.4, -0.2) is 30.8 Å². The zero-order chi connectivity index (χ0) is 13.0. The minimum absolute atomic E-state index is 0.0109. The third-order valence-corrected chi connectivity index (χ3v) is 4.46. The molecule has 2 rings (SSSR count). The Morgan fingerprint density at radius 3 is 2.67 bits per heavy atom. The molecule has 0 aromatic carbocycles. The second-order valence-corrected chi connectivity index (χ2v) is 6.62. The Kier molecular flexibility index (Phi) is 4.31. The number of rotatable bonds is 7. The molecular weight excluding hydrogens is 252 g/mol. The minimum atomic E-state index is -3.27. The first-order chi connectivity index (χ1) is 8.57. The molecule has 0 amide bonds. The highest BCUT2D eigenvalue weighted by Crippen LogP contribution is 2.32. The van der Waals surface area contributed by atoms with Gasteiger partial charge in [0.05, 0.1) is 11.9 Å². The van der Waals surface area contributed by atoms with Crippen LogP contribution >= 0.6 is 0 Å². The molecule has 0 spiro atoms. The van der Waals surface area contributed by atoms with Gasteiger partial charge >= 0.3 is 0 Å². The molecule has 2 N–H and O–H groups in total. The van der Waals surface area contributed by atoms with Crippen LogP contribution in [0.25, 0.3) is 0 Å². The average molecular weight is 270 g/mol. The van der Waals surface area contributed by atoms with Gasteiger partial charge in [-0.05, 0) is 30.0 Å². The number of aromatic nitrogens is 1. The molecule has 0 saturated heterocycles. The Balaban J connectivity index is 1.79. The lowest BCUT2D eigenvalue weighted by Gasteiger charge is -2.12. The van der Waals surface area contributed by atoms with Gasteiger partial charge in [0.25, 0.3) is 0 Å². The summed E-state index contributed by atoms with van der Waals surface area (Å²) in [5.74, 6) is 0.743. The van der Waals surface area contributed by atoms with Crippen LogP contribution in [-0.2, 0) is 10.0 Å². The lowest BCUT2D eigenvalue weighted by Crippen LogP contribution is -2.30. The van der Waals surface area contributed by atoms with E-state index in [4.69, 9.17) is 0 Å². The summed E-state index contributed by atoms with van der Waals surface area (Å²) < 4.78 is 25.8. The first-order valence-corrected chi connectivity index (χ1v) is 7.77. The maximum atomic E-state index is 11.7. The van der Waals surface area contributed by atoms with E-state index in [-0.39, 0.29) is 12.3 Å². The number of hydrogen-bond acceptors (Lipinski definition) is 4. The van der Waals surface area contributed by atoms with Gasteiger partial charge in [-0.25, -0.2) is 13.1 Å². The van der Waals surface area contributed by atoms with Gasteiger partial charge in [-0.2, -0.15) is 0 Å². The van der Waals surface area contributed by atoms with Gasteiger partial charge in [-0.15, -0.1) is 0 Å². The number of pyridine rings is 1. The lowest BCUT2D eigenvalue weighted by atomic mass is 10.1. The Morgan fingerprint density at radius 2 is 2.06 bits per heavy atom. The molecule has 1 atom stereocenters. The van der Waals surface area contributed by atoms with Crippen LogP contribution in [0.4, 0.5) is 0 Å². The second-order valence-electron chi connectivity index (χ2n) is 4.70. The van der Waals surface area contributed by atoms with E-state index in [1.807, 2.05) is 0 Å². The first-order valence-electron chi connectivity index (χ1n) is 6.12. The topological polar surface area (TPSA) is 79.3 Å². The van der Waals surface area contributed by atoms with Crippen molar-refractivity contribution in [2.45, 2.75) is 25.4 Å². The van der Waals surface area contributed by atoms with E-state index < -0.39 is 16.1 Å². The molecule has 1 aromatic rings. The highest BCUT2D eigenvalue weighted by atomic mass is 32.2. The molecule has 1 heterocycles. The zero-order valence-electron chi connectivity index (χ0n) is 10.1. The second kappa shape index (κ2) is 5.77. The third-order valence-electron chi connectivity index (χ3n) is 3.08. The van der Waals surface area contributed by atoms with E-state index in [1.54, 1.807) is 24.5 Å². The molecule has 1 aliphatic carbocycles. The van der Waals surface area contributed by atoms with Crippen molar-refractivity contribution in [3.05, 3.63) is 30.1 Å². The molecule has 0 bridgehead atoms. The molecule has 1 fully saturated rings. The molecule has 18 heavy (non-hydrogen) atoms. The average Bonchev–Trinajstić information content (AvgIpc) is 3.19. The standard InChI is InChI=1S/C12H18N2O3S/c15-12(11-3-6-13-7-4-11)9-14-18(16,17)8-5-10-1-2-10/h3-4,6-7,10,12,14-15H,1-2,5,8-9H2. The SMILES string of the molecule is O=S(=O)(CCC1CC1)NCC(O)c1ccncc1. The van der Waals surface area contributed by atoms with E-state index in [9.17, 15) is 13.5 Å². The summed E-state index contributed by atoms with van der Waals surface area (Å²) in [6.07, 6.45) is 5.33. The van der Waals surface area contributed by atoms with Crippen molar-refractivity contribution in [1.29, 1.82) is 0 Å². The fraction of sp³-hybridized carbons (Fsp3) is 0.583. The fourth-order valence-electron chi connectivity index (χ4n) is 1.71. The lowest BCUT2D eigenvalue weighted by molar-refractivity contribution is 0.182. The van der Waals surface area contributed by atoms with Gasteiger partial charge in [0.2, 0.25) is 10.0 Å². The van der Waals surface area contributed by atoms with Gasteiger partial charge in [-0.3, -0.25) is 4.98 Å². The van der Waals surface area contributed by atoms with E-state index >= 15 is 0 Å². The van der Waals surface area contributed by atoms with Crippen LogP contribution in [0.3, 0.4) is 0 Å². The Bertz CT molecular complexity index is 471. The highest BCUT2D eigenvalue weighted by Gasteiger charge is 2.24. The van der Waals surface area contributed by atoms with E-state index in [1.165, 1.54) is 0 Å². The van der Waals surface area contributed by atoms with Gasteiger partial charge in [0.15, 0.2) is 0 Å². The minimum Gasteiger partial charge on any atom is -0.387 e. The molecule has 0 aliphatic heterocycles. The summed E-state index contributed by atoms with van der Waals surface area (Å²) in [7, 11) is -3.27. The summed E-state index contributed by atoms with van der Waals surface area (Å²) in [6, 6.07) is 3.34. The summed E-state index contributed by atoms with van der Waals surface area (Å²) in [6.45, 7) is 0.0109. The smallest absolute Gasteiger partial charge is 0.211 e. The highest BCUT2D eigenvalue weighted by molar-refractivity contribution is 7.89. The van der Waals surface area contributed by atoms with Crippen molar-refractivity contribution in [2.24, 2.45) is 5.92 Å². The summed E-state index contributed by atoms with van der Waals surface area (Å²) in [5, 5.41) is 9.82. The molecular formula is C12H18N2O3S. The molecule has 6 heteroatoms. The molecule has 5 nitrogen and oxygen atoms in total. The normalized spacial score (nSPS) is 17.6. The van der Waals surface area contributed by atoms with Crippen molar-refractivity contribution in [3.63, 3.8) is 0 Å². The van der Waals surface area contributed by atoms with Crippen LogP contribution < -0.4 is 4.72 Å². The van der Waals surface area contributed by atoms with Crippen LogP contribution in [0.1, 0.15) is 30.9 Å². The van der Waals surface area contributed by atoms with E-state index in [2.05, 4.69) is 9.71 Å². The molecule has 1 unspecified atom stereocenters. The van der Waals surface area contributed by atoms with Crippen LogP contribution in [0, 0.1) is 5.92 Å². The first kappa shape index (κ1) is 13.5. The van der Waals surface area contributed by atoms with Crippen LogP contribution in [0.2, 0.25) is 0 Å². The number of aliphatic hydroxyl groups excluding tert-OH is 1. The number of hydrogen-bond donors (Lipinski definition) is 2. The summed E-state index contributed by atoms with van der Waals surface area (Å²) in [4.78, 5) is 3.84. The molecule has 100 valence electrons. The molecule has 1 aromatic heterocycles. The maximum Gasteiger partial charge on any atom is 0.211 e. The molecule has 1 aliphatic rings. The fourth-order valence-corrected chi connectivity index (χ4v) is 2.91. The molecule has 0 radical (unpaired) electrons. The monoisotopic (exact) mass is 270 g/mol. The van der Waals surface area contributed by atoms with Crippen molar-refractivity contribution in [2.75, 3.05) is 12.3 Å². The van der Waals surface area contributed by atoms with Crippen molar-refractivity contribution in [3.8, 4) is 0 Å². The van der Waals surface area contributed by atoms with Gasteiger partial charge in [0, 0.05) is 18.9 Å². The van der Waals surface area contributed by atoms with E-state index in [0.717, 1.165) is 19.3 Å². The largest absolute Gasteiger partial charge is 0.387 e. The van der Waals surface area contributed by atoms with Crippen molar-refractivity contribution < 1.29 is 13.5 Å². The molecule has 1 saturated carbocycles. The Morgan fingerprint density at radius 1 is 1.39 bits per heavy atom. The maximum absolute atomic E-state index is 11.7. The van der Waals surface area contributed by atoms with Gasteiger partial charge in [-0.1, -0.05) is 12.8 Å². The number of nitrogens with one attached hydrogen (secondary N) is 1. The Labute approximate surface area is 107 Å². The quantitative estimate of drug-likeness (QED) is 0.769. The summed E-state index contributed by atoms with van der Waals surface area (Å²) in [5.41, 5.74) is 0.662. The van der Waals surface area contributed by atoms with Crippen LogP contribution in [0.5, 0.6) is 0 Å². The third kappa shape index (κ3) is 4.36. The number of nitrogens with zero attached hydrogens (tertiary/aromatic N) is 1. The zero-order valence-corrected chi connectivity index (χ0v) is 10.9. The van der Waals surface area contributed by atoms with Gasteiger partial charge < -0.3 is 5.11 Å². The predicted octanol–water partition coefficient (Wildman–Crippen LogP) is 0.834. The van der Waals surface area contributed by atoms with E-state index in [0.29, 0.717) is 11.5 Å².